The summed E-state index contributed by atoms with van der Waals surface area (Å²) in [6.07, 6.45) is 6.62. The van der Waals surface area contributed by atoms with Crippen LogP contribution in [0.5, 0.6) is 0 Å². The quantitative estimate of drug-likeness (QED) is 0.937. The van der Waals surface area contributed by atoms with Crippen molar-refractivity contribution in [2.45, 2.75) is 64.3 Å². The molecule has 2 heterocycles. The SMILES string of the molecule is CC(C)(C)n1nc(C2CCCC2)cc1NC(=O)Cc1ccno1. The standard InChI is InChI=1S/C17H24N4O2/c1-17(2,3)21-15(11-14(20-21)12-6-4-5-7-12)19-16(22)10-13-8-9-18-23-13/h8-9,11-12H,4-7,10H2,1-3H3,(H,19,22). The molecule has 1 saturated carbocycles. The van der Waals surface area contributed by atoms with Crippen molar-refractivity contribution in [3.8, 4) is 0 Å². The normalized spacial score (nSPS) is 16.0. The molecule has 23 heavy (non-hydrogen) atoms. The van der Waals surface area contributed by atoms with Crippen LogP contribution in [-0.2, 0) is 16.8 Å². The smallest absolute Gasteiger partial charge is 0.233 e. The van der Waals surface area contributed by atoms with Crippen molar-refractivity contribution in [2.24, 2.45) is 0 Å². The van der Waals surface area contributed by atoms with E-state index in [0.717, 1.165) is 11.5 Å². The molecule has 0 spiro atoms. The molecule has 0 radical (unpaired) electrons. The zero-order valence-corrected chi connectivity index (χ0v) is 14.0. The number of carbonyl (C=O) groups is 1. The molecule has 1 amide bonds. The Morgan fingerprint density at radius 1 is 1.39 bits per heavy atom. The van der Waals surface area contributed by atoms with Crippen LogP contribution in [0.3, 0.4) is 0 Å². The predicted molar refractivity (Wildman–Crippen MR) is 87.3 cm³/mol. The molecule has 1 aliphatic rings. The summed E-state index contributed by atoms with van der Waals surface area (Å²) in [5, 5.41) is 11.4. The first-order valence-electron chi connectivity index (χ1n) is 8.23. The van der Waals surface area contributed by atoms with Gasteiger partial charge in [0.05, 0.1) is 23.9 Å². The van der Waals surface area contributed by atoms with Gasteiger partial charge in [-0.15, -0.1) is 0 Å². The van der Waals surface area contributed by atoms with E-state index in [1.165, 1.54) is 25.7 Å². The third-order valence-electron chi connectivity index (χ3n) is 4.23. The van der Waals surface area contributed by atoms with Crippen LogP contribution in [0.25, 0.3) is 0 Å². The lowest BCUT2D eigenvalue weighted by atomic mass is 10.0. The van der Waals surface area contributed by atoms with Gasteiger partial charge in [-0.2, -0.15) is 5.10 Å². The molecule has 1 N–H and O–H groups in total. The first-order valence-corrected chi connectivity index (χ1v) is 8.23. The Bertz CT molecular complexity index is 661. The van der Waals surface area contributed by atoms with E-state index in [0.29, 0.717) is 11.7 Å². The zero-order chi connectivity index (χ0) is 16.4. The second-order valence-electron chi connectivity index (χ2n) is 7.22. The van der Waals surface area contributed by atoms with Gasteiger partial charge >= 0.3 is 0 Å². The number of rotatable bonds is 4. The highest BCUT2D eigenvalue weighted by Gasteiger charge is 2.26. The first kappa shape index (κ1) is 15.8. The van der Waals surface area contributed by atoms with Gasteiger partial charge in [0, 0.05) is 18.1 Å². The minimum absolute atomic E-state index is 0.120. The van der Waals surface area contributed by atoms with E-state index in [9.17, 15) is 4.79 Å². The summed E-state index contributed by atoms with van der Waals surface area (Å²) in [5.74, 6) is 1.71. The van der Waals surface area contributed by atoms with Crippen molar-refractivity contribution in [1.29, 1.82) is 0 Å². The van der Waals surface area contributed by atoms with Crippen LogP contribution >= 0.6 is 0 Å². The lowest BCUT2D eigenvalue weighted by molar-refractivity contribution is -0.115. The molecule has 2 aromatic heterocycles. The summed E-state index contributed by atoms with van der Waals surface area (Å²) in [6.45, 7) is 6.26. The Labute approximate surface area is 136 Å². The molecule has 2 aromatic rings. The van der Waals surface area contributed by atoms with Crippen molar-refractivity contribution in [1.82, 2.24) is 14.9 Å². The largest absolute Gasteiger partial charge is 0.361 e. The monoisotopic (exact) mass is 316 g/mol. The van der Waals surface area contributed by atoms with Crippen molar-refractivity contribution in [3.63, 3.8) is 0 Å². The maximum absolute atomic E-state index is 12.2. The van der Waals surface area contributed by atoms with E-state index < -0.39 is 0 Å². The molecular weight excluding hydrogens is 292 g/mol. The highest BCUT2D eigenvalue weighted by atomic mass is 16.5. The number of hydrogen-bond acceptors (Lipinski definition) is 4. The molecule has 0 atom stereocenters. The van der Waals surface area contributed by atoms with Gasteiger partial charge in [0.1, 0.15) is 11.6 Å². The second kappa shape index (κ2) is 6.18. The lowest BCUT2D eigenvalue weighted by Crippen LogP contribution is -2.27. The van der Waals surface area contributed by atoms with E-state index in [4.69, 9.17) is 9.62 Å². The van der Waals surface area contributed by atoms with Crippen LogP contribution in [-0.4, -0.2) is 20.8 Å². The molecule has 1 aliphatic carbocycles. The van der Waals surface area contributed by atoms with Crippen LogP contribution in [0.15, 0.2) is 22.9 Å². The van der Waals surface area contributed by atoms with Gasteiger partial charge < -0.3 is 9.84 Å². The van der Waals surface area contributed by atoms with E-state index in [2.05, 4.69) is 31.2 Å². The number of carbonyl (C=O) groups excluding carboxylic acids is 1. The van der Waals surface area contributed by atoms with Gasteiger partial charge in [-0.1, -0.05) is 18.0 Å². The Balaban J connectivity index is 1.80. The second-order valence-corrected chi connectivity index (χ2v) is 7.22. The third-order valence-corrected chi connectivity index (χ3v) is 4.23. The van der Waals surface area contributed by atoms with Crippen molar-refractivity contribution in [3.05, 3.63) is 29.8 Å². The summed E-state index contributed by atoms with van der Waals surface area (Å²) in [7, 11) is 0. The van der Waals surface area contributed by atoms with Crippen LogP contribution in [0.2, 0.25) is 0 Å². The fourth-order valence-electron chi connectivity index (χ4n) is 3.10. The molecule has 6 heteroatoms. The fraction of sp³-hybridized carbons (Fsp3) is 0.588. The van der Waals surface area contributed by atoms with Crippen LogP contribution in [0, 0.1) is 0 Å². The third kappa shape index (κ3) is 3.63. The molecule has 0 saturated heterocycles. The Morgan fingerprint density at radius 3 is 2.74 bits per heavy atom. The predicted octanol–water partition coefficient (Wildman–Crippen LogP) is 3.46. The Kier molecular flexibility index (Phi) is 4.24. The topological polar surface area (TPSA) is 73.0 Å². The van der Waals surface area contributed by atoms with Crippen molar-refractivity contribution < 1.29 is 9.32 Å². The number of nitrogens with one attached hydrogen (secondary N) is 1. The van der Waals surface area contributed by atoms with E-state index in [-0.39, 0.29) is 17.9 Å². The molecule has 3 rings (SSSR count). The number of amides is 1. The fourth-order valence-corrected chi connectivity index (χ4v) is 3.10. The molecular formula is C17H24N4O2. The molecule has 124 valence electrons. The van der Waals surface area contributed by atoms with Crippen molar-refractivity contribution in [2.75, 3.05) is 5.32 Å². The van der Waals surface area contributed by atoms with Gasteiger partial charge in [-0.25, -0.2) is 4.68 Å². The highest BCUT2D eigenvalue weighted by Crippen LogP contribution is 2.35. The maximum Gasteiger partial charge on any atom is 0.233 e. The average molecular weight is 316 g/mol. The molecule has 1 fully saturated rings. The Morgan fingerprint density at radius 2 is 2.13 bits per heavy atom. The maximum atomic E-state index is 12.2. The van der Waals surface area contributed by atoms with E-state index >= 15 is 0 Å². The number of aromatic nitrogens is 3. The zero-order valence-electron chi connectivity index (χ0n) is 14.0. The number of nitrogens with zero attached hydrogens (tertiary/aromatic N) is 3. The Hall–Kier alpha value is -2.11. The highest BCUT2D eigenvalue weighted by molar-refractivity contribution is 5.91. The van der Waals surface area contributed by atoms with Crippen molar-refractivity contribution >= 4 is 11.7 Å². The van der Waals surface area contributed by atoms with E-state index in [1.807, 2.05) is 10.7 Å². The lowest BCUT2D eigenvalue weighted by Gasteiger charge is -2.22. The molecule has 0 bridgehead atoms. The molecule has 0 unspecified atom stereocenters. The van der Waals surface area contributed by atoms with Gasteiger partial charge in [0.25, 0.3) is 0 Å². The van der Waals surface area contributed by atoms with Crippen LogP contribution in [0.1, 0.15) is 63.8 Å². The van der Waals surface area contributed by atoms with Gasteiger partial charge in [0.15, 0.2) is 0 Å². The van der Waals surface area contributed by atoms with E-state index in [1.54, 1.807) is 12.3 Å². The summed E-state index contributed by atoms with van der Waals surface area (Å²) >= 11 is 0. The average Bonchev–Trinajstić information content (AvgIpc) is 3.17. The summed E-state index contributed by atoms with van der Waals surface area (Å²) in [4.78, 5) is 12.2. The van der Waals surface area contributed by atoms with Gasteiger partial charge in [-0.05, 0) is 33.6 Å². The first-order chi connectivity index (χ1) is 10.9. The van der Waals surface area contributed by atoms with Crippen LogP contribution in [0.4, 0.5) is 5.82 Å². The van der Waals surface area contributed by atoms with Crippen LogP contribution < -0.4 is 5.32 Å². The minimum Gasteiger partial charge on any atom is -0.361 e. The van der Waals surface area contributed by atoms with Gasteiger partial charge in [-0.3, -0.25) is 4.79 Å². The summed E-state index contributed by atoms with van der Waals surface area (Å²) < 4.78 is 6.91. The summed E-state index contributed by atoms with van der Waals surface area (Å²) in [6, 6.07) is 3.73. The minimum atomic E-state index is -0.189. The summed E-state index contributed by atoms with van der Waals surface area (Å²) in [5.41, 5.74) is 0.901. The molecule has 0 aliphatic heterocycles. The number of anilines is 1. The van der Waals surface area contributed by atoms with Gasteiger partial charge in [0.2, 0.25) is 5.91 Å². The molecule has 0 aromatic carbocycles. The molecule has 6 nitrogen and oxygen atoms in total. The number of hydrogen-bond donors (Lipinski definition) is 1.